The van der Waals surface area contributed by atoms with E-state index < -0.39 is 11.9 Å². The monoisotopic (exact) mass is 463 g/mol. The van der Waals surface area contributed by atoms with E-state index in [1.807, 2.05) is 48.5 Å². The van der Waals surface area contributed by atoms with Crippen LogP contribution in [0.1, 0.15) is 22.3 Å². The van der Waals surface area contributed by atoms with Crippen LogP contribution in [0.3, 0.4) is 0 Å². The number of nitrogens with zero attached hydrogens (tertiary/aromatic N) is 2. The molecular weight excluding hydrogens is 438 g/mol. The number of carboxylic acids is 1. The van der Waals surface area contributed by atoms with Crippen molar-refractivity contribution in [3.05, 3.63) is 77.0 Å². The first-order valence-electron chi connectivity index (χ1n) is 10.6. The number of carboxylic acid groups (broad SMARTS) is 1. The molecule has 1 aromatic heterocycles. The summed E-state index contributed by atoms with van der Waals surface area (Å²) < 4.78 is 16.2. The highest BCUT2D eigenvalue weighted by Crippen LogP contribution is 2.35. The summed E-state index contributed by atoms with van der Waals surface area (Å²) in [4.78, 5) is 29.4. The summed E-state index contributed by atoms with van der Waals surface area (Å²) >= 11 is 0. The third-order valence-electron chi connectivity index (χ3n) is 5.58. The SMILES string of the molecule is COc1ccc(CN(Cc2ccc(OC)cc2)c2ncc(NC(=O)C(=O)O)c3c2COC3)cc1. The fraction of sp³-hybridized carbons (Fsp3) is 0.240. The summed E-state index contributed by atoms with van der Waals surface area (Å²) in [6.07, 6.45) is 1.48. The van der Waals surface area contributed by atoms with E-state index in [0.717, 1.165) is 33.8 Å². The van der Waals surface area contributed by atoms with Crippen molar-refractivity contribution in [2.24, 2.45) is 0 Å². The smallest absolute Gasteiger partial charge is 0.394 e. The summed E-state index contributed by atoms with van der Waals surface area (Å²) in [5, 5.41) is 11.4. The number of fused-ring (bicyclic) bond motifs is 1. The molecule has 1 aliphatic heterocycles. The molecule has 0 saturated carbocycles. The van der Waals surface area contributed by atoms with Crippen LogP contribution in [0, 0.1) is 0 Å². The highest BCUT2D eigenvalue weighted by atomic mass is 16.5. The number of methoxy groups -OCH3 is 2. The molecule has 0 fully saturated rings. The minimum Gasteiger partial charge on any atom is -0.497 e. The fourth-order valence-corrected chi connectivity index (χ4v) is 3.82. The van der Waals surface area contributed by atoms with Gasteiger partial charge in [-0.3, -0.25) is 4.79 Å². The van der Waals surface area contributed by atoms with Crippen LogP contribution in [0.2, 0.25) is 0 Å². The van der Waals surface area contributed by atoms with Gasteiger partial charge in [0.1, 0.15) is 17.3 Å². The van der Waals surface area contributed by atoms with Crippen LogP contribution in [0.4, 0.5) is 11.5 Å². The van der Waals surface area contributed by atoms with E-state index in [9.17, 15) is 9.59 Å². The number of carbonyl (C=O) groups is 2. The van der Waals surface area contributed by atoms with E-state index in [1.54, 1.807) is 14.2 Å². The van der Waals surface area contributed by atoms with E-state index in [2.05, 4.69) is 15.2 Å². The quantitative estimate of drug-likeness (QED) is 0.490. The molecule has 176 valence electrons. The van der Waals surface area contributed by atoms with Gasteiger partial charge in [0.05, 0.1) is 39.3 Å². The summed E-state index contributed by atoms with van der Waals surface area (Å²) in [6, 6.07) is 15.6. The van der Waals surface area contributed by atoms with Gasteiger partial charge in [0.15, 0.2) is 0 Å². The van der Waals surface area contributed by atoms with E-state index in [1.165, 1.54) is 6.20 Å². The Morgan fingerprint density at radius 1 is 0.941 bits per heavy atom. The first kappa shape index (κ1) is 23.1. The number of carbonyl (C=O) groups excluding carboxylic acids is 1. The highest BCUT2D eigenvalue weighted by molar-refractivity contribution is 6.36. The Labute approximate surface area is 196 Å². The number of amides is 1. The van der Waals surface area contributed by atoms with Crippen LogP contribution in [0.15, 0.2) is 54.7 Å². The molecule has 1 aliphatic rings. The maximum atomic E-state index is 11.7. The highest BCUT2D eigenvalue weighted by Gasteiger charge is 2.26. The van der Waals surface area contributed by atoms with Crippen molar-refractivity contribution in [1.82, 2.24) is 4.98 Å². The van der Waals surface area contributed by atoms with Crippen LogP contribution in [0.25, 0.3) is 0 Å². The van der Waals surface area contributed by atoms with Gasteiger partial charge in [0.25, 0.3) is 0 Å². The van der Waals surface area contributed by atoms with Gasteiger partial charge in [-0.25, -0.2) is 9.78 Å². The van der Waals surface area contributed by atoms with Gasteiger partial charge in [-0.2, -0.15) is 0 Å². The summed E-state index contributed by atoms with van der Waals surface area (Å²) in [7, 11) is 3.26. The number of anilines is 2. The van der Waals surface area contributed by atoms with Crippen molar-refractivity contribution < 1.29 is 28.9 Å². The molecular formula is C25H25N3O6. The molecule has 0 atom stereocenters. The first-order chi connectivity index (χ1) is 16.5. The Bertz CT molecular complexity index is 1130. The van der Waals surface area contributed by atoms with Crippen molar-refractivity contribution in [3.8, 4) is 11.5 Å². The average molecular weight is 463 g/mol. The van der Waals surface area contributed by atoms with Gasteiger partial charge in [-0.1, -0.05) is 24.3 Å². The second-order valence-corrected chi connectivity index (χ2v) is 7.76. The zero-order chi connectivity index (χ0) is 24.1. The maximum Gasteiger partial charge on any atom is 0.394 e. The number of ether oxygens (including phenoxy) is 3. The van der Waals surface area contributed by atoms with Gasteiger partial charge >= 0.3 is 11.9 Å². The molecule has 0 unspecified atom stereocenters. The van der Waals surface area contributed by atoms with Gasteiger partial charge in [0.2, 0.25) is 0 Å². The van der Waals surface area contributed by atoms with Crippen molar-refractivity contribution in [3.63, 3.8) is 0 Å². The van der Waals surface area contributed by atoms with Crippen molar-refractivity contribution >= 4 is 23.4 Å². The lowest BCUT2D eigenvalue weighted by Gasteiger charge is -2.27. The van der Waals surface area contributed by atoms with Crippen LogP contribution < -0.4 is 19.7 Å². The third kappa shape index (κ3) is 5.10. The molecule has 2 aromatic carbocycles. The summed E-state index contributed by atoms with van der Waals surface area (Å²) in [6.45, 7) is 1.71. The average Bonchev–Trinajstić information content (AvgIpc) is 3.35. The van der Waals surface area contributed by atoms with Gasteiger partial charge in [-0.05, 0) is 35.4 Å². The second-order valence-electron chi connectivity index (χ2n) is 7.76. The van der Waals surface area contributed by atoms with Crippen molar-refractivity contribution in [2.45, 2.75) is 26.3 Å². The molecule has 0 bridgehead atoms. The molecule has 34 heavy (non-hydrogen) atoms. The topological polar surface area (TPSA) is 110 Å². The normalized spacial score (nSPS) is 12.1. The predicted octanol–water partition coefficient (Wildman–Crippen LogP) is 3.36. The lowest BCUT2D eigenvalue weighted by atomic mass is 10.1. The van der Waals surface area contributed by atoms with E-state index in [4.69, 9.17) is 19.3 Å². The largest absolute Gasteiger partial charge is 0.497 e. The van der Waals surface area contributed by atoms with Gasteiger partial charge in [0, 0.05) is 24.2 Å². The van der Waals surface area contributed by atoms with Crippen molar-refractivity contribution in [1.29, 1.82) is 0 Å². The molecule has 1 amide bonds. The Morgan fingerprint density at radius 3 is 1.97 bits per heavy atom. The lowest BCUT2D eigenvalue weighted by molar-refractivity contribution is -0.147. The lowest BCUT2D eigenvalue weighted by Crippen LogP contribution is -2.26. The van der Waals surface area contributed by atoms with Crippen LogP contribution in [-0.4, -0.2) is 36.2 Å². The molecule has 2 heterocycles. The maximum absolute atomic E-state index is 11.7. The molecule has 0 saturated heterocycles. The Morgan fingerprint density at radius 2 is 1.47 bits per heavy atom. The van der Waals surface area contributed by atoms with E-state index >= 15 is 0 Å². The number of benzene rings is 2. The zero-order valence-corrected chi connectivity index (χ0v) is 18.9. The zero-order valence-electron chi connectivity index (χ0n) is 18.9. The predicted molar refractivity (Wildman–Crippen MR) is 125 cm³/mol. The van der Waals surface area contributed by atoms with E-state index in [0.29, 0.717) is 31.2 Å². The molecule has 0 aliphatic carbocycles. The Hall–Kier alpha value is -4.11. The Balaban J connectivity index is 1.69. The number of hydrogen-bond donors (Lipinski definition) is 2. The first-order valence-corrected chi connectivity index (χ1v) is 10.6. The Kier molecular flexibility index (Phi) is 6.93. The third-order valence-corrected chi connectivity index (χ3v) is 5.58. The number of pyridine rings is 1. The molecule has 0 spiro atoms. The molecule has 4 rings (SSSR count). The molecule has 9 heteroatoms. The molecule has 3 aromatic rings. The number of hydrogen-bond acceptors (Lipinski definition) is 7. The minimum absolute atomic E-state index is 0.263. The summed E-state index contributed by atoms with van der Waals surface area (Å²) in [5.41, 5.74) is 4.02. The second kappa shape index (κ2) is 10.2. The standard InChI is InChI=1S/C25H25N3O6/c1-32-18-7-3-16(4-8-18)12-28(13-17-5-9-19(33-2)10-6-17)23-21-15-34-14-20(21)22(11-26-23)27-24(29)25(30)31/h3-11H,12-15H2,1-2H3,(H,27,29)(H,30,31). The number of aromatic nitrogens is 1. The summed E-state index contributed by atoms with van der Waals surface area (Å²) in [5.74, 6) is -0.408. The molecule has 9 nitrogen and oxygen atoms in total. The minimum atomic E-state index is -1.56. The van der Waals surface area contributed by atoms with E-state index in [-0.39, 0.29) is 6.61 Å². The van der Waals surface area contributed by atoms with Crippen LogP contribution >= 0.6 is 0 Å². The molecule has 0 radical (unpaired) electrons. The van der Waals surface area contributed by atoms with Crippen LogP contribution in [-0.2, 0) is 40.6 Å². The van der Waals surface area contributed by atoms with Gasteiger partial charge in [-0.15, -0.1) is 0 Å². The fourth-order valence-electron chi connectivity index (χ4n) is 3.82. The number of rotatable bonds is 8. The molecule has 2 N–H and O–H groups in total. The van der Waals surface area contributed by atoms with Crippen molar-refractivity contribution in [2.75, 3.05) is 24.4 Å². The number of aliphatic carboxylic acids is 1. The van der Waals surface area contributed by atoms with Gasteiger partial charge < -0.3 is 29.5 Å². The number of nitrogens with one attached hydrogen (secondary N) is 1. The van der Waals surface area contributed by atoms with Crippen LogP contribution in [0.5, 0.6) is 11.5 Å².